The summed E-state index contributed by atoms with van der Waals surface area (Å²) >= 11 is 0. The van der Waals surface area contributed by atoms with Gasteiger partial charge in [0, 0.05) is 10.8 Å². The summed E-state index contributed by atoms with van der Waals surface area (Å²) in [4.78, 5) is 4.36. The second-order valence-corrected chi connectivity index (χ2v) is 10.4. The van der Waals surface area contributed by atoms with Crippen molar-refractivity contribution >= 4 is 32.0 Å². The predicted molar refractivity (Wildman–Crippen MR) is 117 cm³/mol. The third-order valence-corrected chi connectivity index (χ3v) is 9.33. The van der Waals surface area contributed by atoms with Crippen LogP contribution in [0, 0.1) is 0 Å². The first-order chi connectivity index (χ1) is 13.3. The van der Waals surface area contributed by atoms with E-state index in [1.807, 2.05) is 12.1 Å². The molecule has 134 valence electrons. The van der Waals surface area contributed by atoms with E-state index in [4.69, 9.17) is 4.42 Å². The van der Waals surface area contributed by atoms with Crippen LogP contribution in [0.3, 0.4) is 0 Å². The van der Waals surface area contributed by atoms with Crippen LogP contribution in [0.25, 0.3) is 21.9 Å². The summed E-state index contributed by atoms with van der Waals surface area (Å²) in [5.41, 5.74) is 1.92. The summed E-state index contributed by atoms with van der Waals surface area (Å²) in [5, 5.41) is 2.41. The fraction of sp³-hybridized carbons (Fsp3) is 0.120. The molecule has 0 radical (unpaired) electrons. The molecule has 1 heterocycles. The molecule has 0 bridgehead atoms. The van der Waals surface area contributed by atoms with Gasteiger partial charge < -0.3 is 4.42 Å². The minimum absolute atomic E-state index is 0.959. The van der Waals surface area contributed by atoms with Crippen LogP contribution in [0.5, 0.6) is 0 Å². The maximum Gasteiger partial charge on any atom is 0.135 e. The Labute approximate surface area is 161 Å². The molecular formula is C25H22OS. The number of benzene rings is 3. The number of furan rings is 1. The average Bonchev–Trinajstić information content (AvgIpc) is 3.12. The zero-order valence-corrected chi connectivity index (χ0v) is 16.2. The zero-order chi connectivity index (χ0) is 18.3. The standard InChI is InChI=1S/C25H22OS/c1-27(19-10-4-2-5-11-19,20-12-6-3-7-13-20)21-16-17-25-23(18-21)22-14-8-9-15-24(22)26-25/h2-6,8-12,14-18H,7,13H2,1H3. The average molecular weight is 371 g/mol. The van der Waals surface area contributed by atoms with Gasteiger partial charge >= 0.3 is 0 Å². The lowest BCUT2D eigenvalue weighted by Crippen LogP contribution is -2.05. The van der Waals surface area contributed by atoms with Crippen molar-refractivity contribution in [2.45, 2.75) is 22.6 Å². The molecule has 0 N–H and O–H groups in total. The van der Waals surface area contributed by atoms with Gasteiger partial charge in [-0.15, -0.1) is 0 Å². The quantitative estimate of drug-likeness (QED) is 0.360. The van der Waals surface area contributed by atoms with Crippen LogP contribution < -0.4 is 0 Å². The first kappa shape index (κ1) is 16.5. The monoisotopic (exact) mass is 370 g/mol. The molecular weight excluding hydrogens is 348 g/mol. The molecule has 1 aromatic heterocycles. The van der Waals surface area contributed by atoms with Gasteiger partial charge in [0.05, 0.1) is 0 Å². The number of hydrogen-bond donors (Lipinski definition) is 0. The maximum atomic E-state index is 6.05. The van der Waals surface area contributed by atoms with E-state index in [-0.39, 0.29) is 0 Å². The Hall–Kier alpha value is -2.71. The van der Waals surface area contributed by atoms with Crippen molar-refractivity contribution in [3.8, 4) is 0 Å². The predicted octanol–water partition coefficient (Wildman–Crippen LogP) is 7.67. The fourth-order valence-electron chi connectivity index (χ4n) is 4.01. The van der Waals surface area contributed by atoms with Gasteiger partial charge in [0.15, 0.2) is 0 Å². The van der Waals surface area contributed by atoms with Gasteiger partial charge in [0.2, 0.25) is 0 Å². The summed E-state index contributed by atoms with van der Waals surface area (Å²) in [5.74, 6) is 0. The lowest BCUT2D eigenvalue weighted by Gasteiger charge is -2.40. The highest BCUT2D eigenvalue weighted by atomic mass is 32.3. The molecule has 1 atom stereocenters. The largest absolute Gasteiger partial charge is 0.456 e. The van der Waals surface area contributed by atoms with E-state index in [1.54, 1.807) is 4.91 Å². The van der Waals surface area contributed by atoms with Gasteiger partial charge in [-0.25, -0.2) is 0 Å². The van der Waals surface area contributed by atoms with Crippen LogP contribution in [0.4, 0.5) is 0 Å². The number of rotatable bonds is 3. The van der Waals surface area contributed by atoms with E-state index in [0.717, 1.165) is 24.0 Å². The lowest BCUT2D eigenvalue weighted by molar-refractivity contribution is 0.668. The molecule has 0 spiro atoms. The lowest BCUT2D eigenvalue weighted by atomic mass is 10.1. The highest BCUT2D eigenvalue weighted by molar-refractivity contribution is 8.36. The van der Waals surface area contributed by atoms with Gasteiger partial charge in [0.25, 0.3) is 0 Å². The van der Waals surface area contributed by atoms with Crippen LogP contribution in [0.1, 0.15) is 12.8 Å². The molecule has 1 aliphatic carbocycles. The van der Waals surface area contributed by atoms with E-state index in [0.29, 0.717) is 0 Å². The highest BCUT2D eigenvalue weighted by Crippen LogP contribution is 2.67. The summed E-state index contributed by atoms with van der Waals surface area (Å²) in [6, 6.07) is 26.1. The van der Waals surface area contributed by atoms with Gasteiger partial charge in [0.1, 0.15) is 11.2 Å². The molecule has 4 aromatic rings. The molecule has 0 amide bonds. The number of fused-ring (bicyclic) bond motifs is 3. The molecule has 27 heavy (non-hydrogen) atoms. The SMILES string of the molecule is CS(C1=CC=CCC1)(c1ccccc1)c1ccc2oc3ccccc3c2c1. The first-order valence-corrected chi connectivity index (χ1v) is 11.4. The summed E-state index contributed by atoms with van der Waals surface area (Å²) < 4.78 is 6.05. The Balaban J connectivity index is 1.78. The Kier molecular flexibility index (Phi) is 3.95. The molecule has 0 aliphatic heterocycles. The van der Waals surface area contributed by atoms with Crippen molar-refractivity contribution in [1.82, 2.24) is 0 Å². The minimum atomic E-state index is -1.27. The summed E-state index contributed by atoms with van der Waals surface area (Å²) in [7, 11) is -1.27. The molecule has 0 fully saturated rings. The molecule has 1 nitrogen and oxygen atoms in total. The van der Waals surface area contributed by atoms with E-state index in [1.165, 1.54) is 20.6 Å². The zero-order valence-electron chi connectivity index (χ0n) is 15.4. The van der Waals surface area contributed by atoms with Crippen LogP contribution in [0.15, 0.2) is 110 Å². The molecule has 1 unspecified atom stereocenters. The van der Waals surface area contributed by atoms with Crippen molar-refractivity contribution in [2.24, 2.45) is 0 Å². The first-order valence-electron chi connectivity index (χ1n) is 9.37. The van der Waals surface area contributed by atoms with E-state index in [2.05, 4.69) is 85.1 Å². The molecule has 0 saturated heterocycles. The summed E-state index contributed by atoms with van der Waals surface area (Å²) in [6.45, 7) is 0. The molecule has 5 rings (SSSR count). The second kappa shape index (κ2) is 6.47. The second-order valence-electron chi connectivity index (χ2n) is 7.09. The van der Waals surface area contributed by atoms with E-state index in [9.17, 15) is 0 Å². The number of allylic oxidation sites excluding steroid dienone is 4. The normalized spacial score (nSPS) is 17.6. The van der Waals surface area contributed by atoms with Crippen molar-refractivity contribution in [3.05, 3.63) is 95.9 Å². The van der Waals surface area contributed by atoms with E-state index >= 15 is 0 Å². The maximum absolute atomic E-state index is 6.05. The molecule has 1 aliphatic rings. The van der Waals surface area contributed by atoms with Gasteiger partial charge in [-0.05, 0) is 70.2 Å². The Morgan fingerprint density at radius 2 is 1.56 bits per heavy atom. The van der Waals surface area contributed by atoms with Gasteiger partial charge in [-0.1, -0.05) is 54.6 Å². The number of para-hydroxylation sites is 1. The Bertz CT molecular complexity index is 1180. The van der Waals surface area contributed by atoms with E-state index < -0.39 is 10.0 Å². The van der Waals surface area contributed by atoms with Crippen molar-refractivity contribution in [3.63, 3.8) is 0 Å². The van der Waals surface area contributed by atoms with Crippen molar-refractivity contribution in [2.75, 3.05) is 6.26 Å². The fourth-order valence-corrected chi connectivity index (χ4v) is 7.16. The van der Waals surface area contributed by atoms with Gasteiger partial charge in [-0.3, -0.25) is 0 Å². The highest BCUT2D eigenvalue weighted by Gasteiger charge is 2.28. The minimum Gasteiger partial charge on any atom is -0.456 e. The Morgan fingerprint density at radius 3 is 2.37 bits per heavy atom. The third kappa shape index (κ3) is 2.64. The molecule has 3 aromatic carbocycles. The van der Waals surface area contributed by atoms with Crippen LogP contribution >= 0.6 is 10.0 Å². The van der Waals surface area contributed by atoms with Crippen LogP contribution in [-0.2, 0) is 0 Å². The number of hydrogen-bond acceptors (Lipinski definition) is 1. The van der Waals surface area contributed by atoms with Crippen molar-refractivity contribution < 1.29 is 4.42 Å². The molecule has 0 saturated carbocycles. The van der Waals surface area contributed by atoms with Gasteiger partial charge in [-0.2, -0.15) is 10.0 Å². The molecule has 2 heteroatoms. The van der Waals surface area contributed by atoms with Crippen LogP contribution in [0.2, 0.25) is 0 Å². The van der Waals surface area contributed by atoms with Crippen molar-refractivity contribution in [1.29, 1.82) is 0 Å². The smallest absolute Gasteiger partial charge is 0.135 e. The third-order valence-electron chi connectivity index (χ3n) is 5.53. The van der Waals surface area contributed by atoms with Crippen LogP contribution in [-0.4, -0.2) is 6.26 Å². The summed E-state index contributed by atoms with van der Waals surface area (Å²) in [6.07, 6.45) is 11.5. The topological polar surface area (TPSA) is 13.1 Å². The Morgan fingerprint density at radius 1 is 0.778 bits per heavy atom.